The lowest BCUT2D eigenvalue weighted by atomic mass is 9.90. The second-order valence-electron chi connectivity index (χ2n) is 6.28. The molecule has 1 saturated carbocycles. The molecule has 3 heteroatoms. The summed E-state index contributed by atoms with van der Waals surface area (Å²) in [6, 6.07) is 0. The third-order valence-corrected chi connectivity index (χ3v) is 4.11. The van der Waals surface area contributed by atoms with E-state index in [4.69, 9.17) is 9.78 Å². The molecule has 0 spiro atoms. The van der Waals surface area contributed by atoms with Gasteiger partial charge in [0.1, 0.15) is 5.60 Å². The molecule has 0 aliphatic heterocycles. The molecule has 0 aromatic carbocycles. The Kier molecular flexibility index (Phi) is 4.59. The van der Waals surface area contributed by atoms with Gasteiger partial charge in [0.15, 0.2) is 0 Å². The summed E-state index contributed by atoms with van der Waals surface area (Å²) < 4.78 is 0. The maximum atomic E-state index is 11.8. The van der Waals surface area contributed by atoms with E-state index in [0.717, 1.165) is 6.42 Å². The smallest absolute Gasteiger partial charge is 0.297 e. The molecule has 1 rings (SSSR count). The molecule has 3 nitrogen and oxygen atoms in total. The predicted octanol–water partition coefficient (Wildman–Crippen LogP) is 3.87. The van der Waals surface area contributed by atoms with Crippen molar-refractivity contribution in [1.29, 1.82) is 0 Å². The minimum Gasteiger partial charge on any atom is -0.297 e. The van der Waals surface area contributed by atoms with Crippen LogP contribution in [-0.2, 0) is 14.6 Å². The summed E-state index contributed by atoms with van der Waals surface area (Å²) in [6.07, 6.45) is 5.60. The lowest BCUT2D eigenvalue weighted by molar-refractivity contribution is -0.341. The fourth-order valence-electron chi connectivity index (χ4n) is 2.09. The quantitative estimate of drug-likeness (QED) is 0.542. The van der Waals surface area contributed by atoms with E-state index >= 15 is 0 Å². The Bertz CT molecular complexity index is 263. The summed E-state index contributed by atoms with van der Waals surface area (Å²) in [6.45, 7) is 9.75. The average molecular weight is 242 g/mol. The zero-order valence-corrected chi connectivity index (χ0v) is 11.8. The molecule has 0 atom stereocenters. The van der Waals surface area contributed by atoms with Gasteiger partial charge < -0.3 is 0 Å². The van der Waals surface area contributed by atoms with Crippen molar-refractivity contribution in [1.82, 2.24) is 0 Å². The molecule has 0 aromatic rings. The van der Waals surface area contributed by atoms with E-state index in [1.807, 2.05) is 34.6 Å². The first-order chi connectivity index (χ1) is 7.79. The van der Waals surface area contributed by atoms with Crippen LogP contribution in [0.2, 0.25) is 0 Å². The van der Waals surface area contributed by atoms with Crippen LogP contribution in [0.4, 0.5) is 0 Å². The minimum atomic E-state index is -0.467. The SMILES string of the molecule is CCC(C)(C)C(=O)OOC(C)(C)C1CCCC1. The molecule has 0 heterocycles. The highest BCUT2D eigenvalue weighted by molar-refractivity contribution is 5.75. The number of carbonyl (C=O) groups is 1. The van der Waals surface area contributed by atoms with Crippen LogP contribution in [0.15, 0.2) is 0 Å². The zero-order chi connectivity index (χ0) is 13.1. The van der Waals surface area contributed by atoms with E-state index < -0.39 is 5.41 Å². The van der Waals surface area contributed by atoms with Gasteiger partial charge >= 0.3 is 5.97 Å². The zero-order valence-electron chi connectivity index (χ0n) is 11.8. The summed E-state index contributed by atoms with van der Waals surface area (Å²) in [5, 5.41) is 0. The van der Waals surface area contributed by atoms with Crippen LogP contribution in [0.1, 0.15) is 66.7 Å². The van der Waals surface area contributed by atoms with Gasteiger partial charge in [-0.25, -0.2) is 4.79 Å². The van der Waals surface area contributed by atoms with E-state index in [1.54, 1.807) is 0 Å². The normalized spacial score (nSPS) is 18.4. The van der Waals surface area contributed by atoms with Crippen LogP contribution in [-0.4, -0.2) is 11.6 Å². The van der Waals surface area contributed by atoms with Gasteiger partial charge in [0.2, 0.25) is 0 Å². The third-order valence-electron chi connectivity index (χ3n) is 4.11. The summed E-state index contributed by atoms with van der Waals surface area (Å²) in [5.74, 6) is 0.228. The molecule has 0 amide bonds. The highest BCUT2D eigenvalue weighted by atomic mass is 17.2. The largest absolute Gasteiger partial charge is 0.347 e. The summed E-state index contributed by atoms with van der Waals surface area (Å²) in [5.41, 5.74) is -0.832. The maximum Gasteiger partial charge on any atom is 0.347 e. The molecule has 17 heavy (non-hydrogen) atoms. The Morgan fingerprint density at radius 3 is 2.18 bits per heavy atom. The van der Waals surface area contributed by atoms with Crippen LogP contribution in [0.3, 0.4) is 0 Å². The van der Waals surface area contributed by atoms with Crippen LogP contribution in [0, 0.1) is 11.3 Å². The van der Waals surface area contributed by atoms with Gasteiger partial charge in [-0.1, -0.05) is 19.8 Å². The lowest BCUT2D eigenvalue weighted by Gasteiger charge is -2.30. The molecular weight excluding hydrogens is 216 g/mol. The van der Waals surface area contributed by atoms with Crippen LogP contribution in [0.5, 0.6) is 0 Å². The molecule has 0 unspecified atom stereocenters. The van der Waals surface area contributed by atoms with Crippen LogP contribution in [0.25, 0.3) is 0 Å². The van der Waals surface area contributed by atoms with Crippen molar-refractivity contribution in [3.63, 3.8) is 0 Å². The number of hydrogen-bond donors (Lipinski definition) is 0. The van der Waals surface area contributed by atoms with Gasteiger partial charge in [0, 0.05) is 0 Å². The molecule has 0 radical (unpaired) electrons. The van der Waals surface area contributed by atoms with Gasteiger partial charge in [-0.3, -0.25) is 4.89 Å². The van der Waals surface area contributed by atoms with E-state index in [9.17, 15) is 4.79 Å². The highest BCUT2D eigenvalue weighted by Gasteiger charge is 2.37. The molecule has 1 aliphatic rings. The molecule has 100 valence electrons. The summed E-state index contributed by atoms with van der Waals surface area (Å²) >= 11 is 0. The summed E-state index contributed by atoms with van der Waals surface area (Å²) in [4.78, 5) is 22.3. The van der Waals surface area contributed by atoms with E-state index in [-0.39, 0.29) is 11.6 Å². The van der Waals surface area contributed by atoms with Crippen molar-refractivity contribution < 1.29 is 14.6 Å². The number of carbonyl (C=O) groups excluding carboxylic acids is 1. The Hall–Kier alpha value is -0.570. The maximum absolute atomic E-state index is 11.8. The minimum absolute atomic E-state index is 0.272. The second-order valence-corrected chi connectivity index (χ2v) is 6.28. The fraction of sp³-hybridized carbons (Fsp3) is 0.929. The van der Waals surface area contributed by atoms with Crippen molar-refractivity contribution >= 4 is 5.97 Å². The summed E-state index contributed by atoms with van der Waals surface area (Å²) in [7, 11) is 0. The lowest BCUT2D eigenvalue weighted by Crippen LogP contribution is -2.36. The Labute approximate surface area is 105 Å². The first-order valence-electron chi connectivity index (χ1n) is 6.69. The van der Waals surface area contributed by atoms with Gasteiger partial charge in [-0.2, -0.15) is 4.89 Å². The van der Waals surface area contributed by atoms with Crippen LogP contribution >= 0.6 is 0 Å². The molecule has 0 bridgehead atoms. The van der Waals surface area contributed by atoms with Crippen molar-refractivity contribution in [2.45, 2.75) is 72.3 Å². The van der Waals surface area contributed by atoms with Crippen molar-refractivity contribution in [2.24, 2.45) is 11.3 Å². The molecule has 0 aromatic heterocycles. The molecule has 0 N–H and O–H groups in total. The Balaban J connectivity index is 2.46. The number of hydrogen-bond acceptors (Lipinski definition) is 3. The van der Waals surface area contributed by atoms with Crippen molar-refractivity contribution in [2.75, 3.05) is 0 Å². The van der Waals surface area contributed by atoms with Gasteiger partial charge in [0.05, 0.1) is 5.41 Å². The second kappa shape index (κ2) is 5.38. The fourth-order valence-corrected chi connectivity index (χ4v) is 2.09. The molecule has 1 aliphatic carbocycles. The van der Waals surface area contributed by atoms with Crippen LogP contribution < -0.4 is 0 Å². The standard InChI is InChI=1S/C14H26O3/c1-6-13(2,3)12(15)16-17-14(4,5)11-9-7-8-10-11/h11H,6-10H2,1-5H3. The monoisotopic (exact) mass is 242 g/mol. The highest BCUT2D eigenvalue weighted by Crippen LogP contribution is 2.36. The van der Waals surface area contributed by atoms with E-state index in [0.29, 0.717) is 5.92 Å². The van der Waals surface area contributed by atoms with E-state index in [2.05, 4.69) is 0 Å². The Morgan fingerprint density at radius 2 is 1.71 bits per heavy atom. The average Bonchev–Trinajstić information content (AvgIpc) is 2.80. The van der Waals surface area contributed by atoms with E-state index in [1.165, 1.54) is 25.7 Å². The van der Waals surface area contributed by atoms with Crippen molar-refractivity contribution in [3.05, 3.63) is 0 Å². The topological polar surface area (TPSA) is 35.5 Å². The molecular formula is C14H26O3. The third kappa shape index (κ3) is 3.70. The molecule has 0 saturated heterocycles. The van der Waals surface area contributed by atoms with Gasteiger partial charge in [-0.05, 0) is 52.9 Å². The first kappa shape index (κ1) is 14.5. The van der Waals surface area contributed by atoms with Gasteiger partial charge in [0.25, 0.3) is 0 Å². The number of rotatable bonds is 5. The predicted molar refractivity (Wildman–Crippen MR) is 67.3 cm³/mol. The van der Waals surface area contributed by atoms with Gasteiger partial charge in [-0.15, -0.1) is 0 Å². The Morgan fingerprint density at radius 1 is 1.18 bits per heavy atom. The van der Waals surface area contributed by atoms with Crippen molar-refractivity contribution in [3.8, 4) is 0 Å². The molecule has 1 fully saturated rings. The first-order valence-corrected chi connectivity index (χ1v) is 6.69.